The van der Waals surface area contributed by atoms with Crippen LogP contribution in [0, 0.1) is 6.92 Å². The lowest BCUT2D eigenvalue weighted by Gasteiger charge is -2.36. The minimum atomic E-state index is -0.138. The second-order valence-corrected chi connectivity index (χ2v) is 8.09. The van der Waals surface area contributed by atoms with Crippen LogP contribution in [0.5, 0.6) is 0 Å². The molecule has 0 unspecified atom stereocenters. The largest absolute Gasteiger partial charge is 0.368 e. The molecule has 1 saturated heterocycles. The quantitative estimate of drug-likeness (QED) is 0.556. The van der Waals surface area contributed by atoms with Gasteiger partial charge >= 0.3 is 0 Å². The van der Waals surface area contributed by atoms with E-state index in [0.717, 1.165) is 29.6 Å². The van der Waals surface area contributed by atoms with E-state index < -0.39 is 0 Å². The van der Waals surface area contributed by atoms with Gasteiger partial charge in [-0.3, -0.25) is 14.2 Å². The Morgan fingerprint density at radius 1 is 1.06 bits per heavy atom. The maximum Gasteiger partial charge on any atom is 0.277 e. The molecule has 3 heterocycles. The van der Waals surface area contributed by atoms with Crippen LogP contribution >= 0.6 is 0 Å². The van der Waals surface area contributed by atoms with Crippen molar-refractivity contribution in [1.29, 1.82) is 0 Å². The minimum absolute atomic E-state index is 0.0759. The summed E-state index contributed by atoms with van der Waals surface area (Å²) in [6.45, 7) is 5.37. The number of rotatable bonds is 4. The molecule has 7 nitrogen and oxygen atoms in total. The Kier molecular flexibility index (Phi) is 4.94. The zero-order chi connectivity index (χ0) is 21.4. The summed E-state index contributed by atoms with van der Waals surface area (Å²) in [5, 5.41) is 0.951. The number of carbonyl (C=O) groups excluding carboxylic acids is 1. The lowest BCUT2D eigenvalue weighted by molar-refractivity contribution is -0.131. The first-order valence-corrected chi connectivity index (χ1v) is 10.7. The molecule has 7 heteroatoms. The van der Waals surface area contributed by atoms with Crippen molar-refractivity contribution in [2.45, 2.75) is 19.9 Å². The van der Waals surface area contributed by atoms with E-state index in [9.17, 15) is 9.59 Å². The number of fused-ring (bicyclic) bond motifs is 3. The molecule has 2 aromatic heterocycles. The summed E-state index contributed by atoms with van der Waals surface area (Å²) < 4.78 is 1.53. The van der Waals surface area contributed by atoms with Gasteiger partial charge in [0.2, 0.25) is 5.91 Å². The summed E-state index contributed by atoms with van der Waals surface area (Å²) in [6, 6.07) is 16.3. The third-order valence-corrected chi connectivity index (χ3v) is 6.05. The van der Waals surface area contributed by atoms with Crippen LogP contribution in [-0.2, 0) is 11.3 Å². The molecule has 0 spiro atoms. The molecule has 1 N–H and O–H groups in total. The molecule has 1 amide bonds. The van der Waals surface area contributed by atoms with E-state index in [1.807, 2.05) is 48.2 Å². The maximum absolute atomic E-state index is 12.9. The number of hydrogen-bond acceptors (Lipinski definition) is 4. The van der Waals surface area contributed by atoms with Gasteiger partial charge in [0.05, 0.1) is 6.33 Å². The van der Waals surface area contributed by atoms with E-state index in [0.29, 0.717) is 30.7 Å². The third kappa shape index (κ3) is 3.67. The molecular weight excluding hydrogens is 390 g/mol. The summed E-state index contributed by atoms with van der Waals surface area (Å²) in [4.78, 5) is 37.5. The Labute approximate surface area is 179 Å². The van der Waals surface area contributed by atoms with Crippen molar-refractivity contribution in [3.8, 4) is 0 Å². The Hall–Kier alpha value is -3.61. The molecule has 31 heavy (non-hydrogen) atoms. The number of nitrogens with one attached hydrogen (secondary N) is 1. The Morgan fingerprint density at radius 2 is 1.84 bits per heavy atom. The topological polar surface area (TPSA) is 74.2 Å². The number of aromatic nitrogens is 3. The molecule has 0 bridgehead atoms. The number of anilines is 1. The average molecular weight is 415 g/mol. The predicted octanol–water partition coefficient (Wildman–Crippen LogP) is 2.93. The molecule has 0 saturated carbocycles. The van der Waals surface area contributed by atoms with Gasteiger partial charge < -0.3 is 14.8 Å². The zero-order valence-corrected chi connectivity index (χ0v) is 17.5. The molecule has 0 aliphatic carbocycles. The van der Waals surface area contributed by atoms with Gasteiger partial charge in [-0.25, -0.2) is 4.98 Å². The Bertz CT molecular complexity index is 1300. The van der Waals surface area contributed by atoms with Gasteiger partial charge in [0, 0.05) is 55.7 Å². The first kappa shape index (κ1) is 19.4. The monoisotopic (exact) mass is 415 g/mol. The number of H-pyrrole nitrogens is 1. The standard InChI is InChI=1S/C24H25N5O2/c1-17-7-8-20-19(15-17)22-23(26-20)24(31)29(16-25-22)10-9-21(30)28-13-11-27(12-14-28)18-5-3-2-4-6-18/h2-8,15-16,26H,9-14H2,1H3. The summed E-state index contributed by atoms with van der Waals surface area (Å²) in [5.74, 6) is 0.0759. The molecule has 0 radical (unpaired) electrons. The number of benzene rings is 2. The van der Waals surface area contributed by atoms with E-state index >= 15 is 0 Å². The molecule has 1 fully saturated rings. The van der Waals surface area contributed by atoms with E-state index in [4.69, 9.17) is 0 Å². The molecule has 0 atom stereocenters. The number of amides is 1. The van der Waals surface area contributed by atoms with Crippen molar-refractivity contribution in [2.75, 3.05) is 31.1 Å². The SMILES string of the molecule is Cc1ccc2[nH]c3c(=O)n(CCC(=O)N4CCN(c5ccccc5)CC4)cnc3c2c1. The van der Waals surface area contributed by atoms with Gasteiger partial charge in [-0.05, 0) is 31.2 Å². The fraction of sp³-hybridized carbons (Fsp3) is 0.292. The second kappa shape index (κ2) is 7.91. The molecular formula is C24H25N5O2. The molecule has 5 rings (SSSR count). The fourth-order valence-electron chi connectivity index (χ4n) is 4.29. The highest BCUT2D eigenvalue weighted by atomic mass is 16.2. The van der Waals surface area contributed by atoms with Crippen LogP contribution < -0.4 is 10.5 Å². The van der Waals surface area contributed by atoms with Crippen molar-refractivity contribution >= 4 is 33.5 Å². The highest BCUT2D eigenvalue weighted by Crippen LogP contribution is 2.22. The number of hydrogen-bond donors (Lipinski definition) is 1. The highest BCUT2D eigenvalue weighted by molar-refractivity contribution is 6.04. The first-order valence-electron chi connectivity index (χ1n) is 10.7. The molecule has 1 aliphatic heterocycles. The lowest BCUT2D eigenvalue weighted by Crippen LogP contribution is -2.49. The molecule has 158 valence electrons. The number of carbonyl (C=O) groups is 1. The number of piperazine rings is 1. The van der Waals surface area contributed by atoms with Gasteiger partial charge in [0.1, 0.15) is 11.0 Å². The van der Waals surface area contributed by atoms with Crippen LogP contribution in [0.1, 0.15) is 12.0 Å². The van der Waals surface area contributed by atoms with Crippen LogP contribution in [0.2, 0.25) is 0 Å². The second-order valence-electron chi connectivity index (χ2n) is 8.09. The average Bonchev–Trinajstić information content (AvgIpc) is 3.18. The van der Waals surface area contributed by atoms with Crippen molar-refractivity contribution in [1.82, 2.24) is 19.4 Å². The summed E-state index contributed by atoms with van der Waals surface area (Å²) in [7, 11) is 0. The van der Waals surface area contributed by atoms with Gasteiger partial charge in [-0.2, -0.15) is 0 Å². The molecule has 2 aromatic carbocycles. The van der Waals surface area contributed by atoms with Gasteiger partial charge in [0.15, 0.2) is 0 Å². The number of nitrogens with zero attached hydrogens (tertiary/aromatic N) is 4. The zero-order valence-electron chi connectivity index (χ0n) is 17.5. The molecule has 4 aromatic rings. The summed E-state index contributed by atoms with van der Waals surface area (Å²) in [5.41, 5.74) is 4.25. The maximum atomic E-state index is 12.9. The number of aryl methyl sites for hydroxylation is 2. The molecule has 1 aliphatic rings. The van der Waals surface area contributed by atoms with E-state index in [2.05, 4.69) is 27.0 Å². The van der Waals surface area contributed by atoms with Crippen LogP contribution in [-0.4, -0.2) is 51.5 Å². The normalized spacial score (nSPS) is 14.5. The van der Waals surface area contributed by atoms with Gasteiger partial charge in [0.25, 0.3) is 5.56 Å². The smallest absolute Gasteiger partial charge is 0.277 e. The predicted molar refractivity (Wildman–Crippen MR) is 122 cm³/mol. The summed E-state index contributed by atoms with van der Waals surface area (Å²) in [6.07, 6.45) is 1.85. The minimum Gasteiger partial charge on any atom is -0.368 e. The van der Waals surface area contributed by atoms with Crippen LogP contribution in [0.3, 0.4) is 0 Å². The van der Waals surface area contributed by atoms with Crippen molar-refractivity contribution in [3.63, 3.8) is 0 Å². The van der Waals surface area contributed by atoms with Crippen LogP contribution in [0.4, 0.5) is 5.69 Å². The number of para-hydroxylation sites is 1. The van der Waals surface area contributed by atoms with E-state index in [1.54, 1.807) is 6.33 Å². The highest BCUT2D eigenvalue weighted by Gasteiger charge is 2.21. The van der Waals surface area contributed by atoms with E-state index in [-0.39, 0.29) is 17.9 Å². The van der Waals surface area contributed by atoms with Crippen molar-refractivity contribution in [3.05, 3.63) is 70.8 Å². The van der Waals surface area contributed by atoms with E-state index in [1.165, 1.54) is 10.3 Å². The lowest BCUT2D eigenvalue weighted by atomic mass is 10.2. The van der Waals surface area contributed by atoms with Crippen molar-refractivity contribution in [2.24, 2.45) is 0 Å². The van der Waals surface area contributed by atoms with Gasteiger partial charge in [-0.15, -0.1) is 0 Å². The number of aromatic amines is 1. The first-order chi connectivity index (χ1) is 15.1. The van der Waals surface area contributed by atoms with Crippen molar-refractivity contribution < 1.29 is 4.79 Å². The fourth-order valence-corrected chi connectivity index (χ4v) is 4.29. The Morgan fingerprint density at radius 3 is 2.61 bits per heavy atom. The van der Waals surface area contributed by atoms with Gasteiger partial charge in [-0.1, -0.05) is 29.8 Å². The van der Waals surface area contributed by atoms with Crippen LogP contribution in [0.25, 0.3) is 21.9 Å². The third-order valence-electron chi connectivity index (χ3n) is 6.05. The summed E-state index contributed by atoms with van der Waals surface area (Å²) >= 11 is 0. The Balaban J connectivity index is 1.26. The van der Waals surface area contributed by atoms with Crippen LogP contribution in [0.15, 0.2) is 59.7 Å².